The smallest absolute Gasteiger partial charge is 0.508 e. The number of anilines is 6. The highest BCUT2D eigenvalue weighted by Crippen LogP contribution is 2.47. The van der Waals surface area contributed by atoms with Gasteiger partial charge in [-0.3, -0.25) is 0 Å². The minimum Gasteiger partial charge on any atom is -0.508 e. The van der Waals surface area contributed by atoms with Gasteiger partial charge in [0, 0.05) is 133 Å². The first kappa shape index (κ1) is 92.2. The van der Waals surface area contributed by atoms with Gasteiger partial charge in [0.05, 0.1) is 51.2 Å². The second kappa shape index (κ2) is 38.8. The number of furan rings is 2. The molecule has 704 valence electrons. The number of phenolic OH excluding ortho intramolecular Hbond substituents is 1. The molecule has 0 aliphatic carbocycles. The molecule has 0 radical (unpaired) electrons. The molecule has 0 spiro atoms. The number of para-hydroxylation sites is 10. The topological polar surface area (TPSA) is 155 Å². The van der Waals surface area contributed by atoms with Gasteiger partial charge < -0.3 is 46.7 Å². The van der Waals surface area contributed by atoms with Gasteiger partial charge >= 0.3 is 18.8 Å². The summed E-state index contributed by atoms with van der Waals surface area (Å²) in [6, 6.07) is 164. The summed E-state index contributed by atoms with van der Waals surface area (Å²) in [5.74, 6) is 1.10. The van der Waals surface area contributed by atoms with Crippen LogP contribution in [0.25, 0.3) is 198 Å². The Hall–Kier alpha value is -16.5. The summed E-state index contributed by atoms with van der Waals surface area (Å²) < 4.78 is 83.1. The number of aromatic hydroxyl groups is 1. The first-order chi connectivity index (χ1) is 70.9. The Morgan fingerprint density at radius 2 is 0.538 bits per heavy atom. The Kier molecular flexibility index (Phi) is 24.7. The van der Waals surface area contributed by atoms with Crippen LogP contribution in [0.4, 0.5) is 47.3 Å². The van der Waals surface area contributed by atoms with Crippen molar-refractivity contribution in [2.45, 2.75) is 5.51 Å². The van der Waals surface area contributed by atoms with Crippen molar-refractivity contribution in [2.75, 3.05) is 16.9 Å². The normalized spacial score (nSPS) is 11.7. The minimum absolute atomic E-state index is 0.254. The SMILES string of the molecule is BrB(Br)Br.COc1ccc(-n2c3ccccc3c3cc(-c4ccc(N(c5ccc(-c6cccc7c6oc6ccccc67)cc5)c5ccc(-n6c7ccccc7c7ccccc76)cc5)cc4)ccc32)cc1.O=S(=O)(OOO)C(F)(F)F.Oc1ccc(-n2c3ccccc3c3cc(-c4ccc(N(c5ccc(-c6cccc7c6oc6ccccc67)cc5)c5ccc(-n6c7ccccc7c7ccccc76)cc5)cc4)ccc32)cc1. The molecule has 0 fully saturated rings. The van der Waals surface area contributed by atoms with E-state index >= 15 is 0 Å². The summed E-state index contributed by atoms with van der Waals surface area (Å²) in [4.78, 5) is 4.68. The zero-order valence-electron chi connectivity index (χ0n) is 77.1. The third-order valence-electron chi connectivity index (χ3n) is 26.7. The molecule has 2 N–H and O–H groups in total. The molecule has 20 aromatic carbocycles. The van der Waals surface area contributed by atoms with Gasteiger partial charge in [0.15, 0.2) is 0 Å². The van der Waals surface area contributed by atoms with Crippen LogP contribution in [-0.2, 0) is 19.5 Å². The summed E-state index contributed by atoms with van der Waals surface area (Å²) in [5, 5.41) is 33.8. The third kappa shape index (κ3) is 17.3. The zero-order valence-corrected chi connectivity index (χ0v) is 82.6. The lowest BCUT2D eigenvalue weighted by atomic mass is 10.0. The van der Waals surface area contributed by atoms with Crippen molar-refractivity contribution in [1.82, 2.24) is 18.3 Å². The molecule has 0 atom stereocenters. The number of hydrogen-bond acceptors (Lipinski definition) is 11. The van der Waals surface area contributed by atoms with E-state index in [0.29, 0.717) is 0 Å². The van der Waals surface area contributed by atoms with Crippen LogP contribution in [0.5, 0.6) is 11.5 Å². The number of aromatic nitrogens is 4. The Morgan fingerprint density at radius 3 is 0.834 bits per heavy atom. The van der Waals surface area contributed by atoms with Crippen LogP contribution in [0.3, 0.4) is 0 Å². The highest BCUT2D eigenvalue weighted by molar-refractivity contribution is 9.69. The fourth-order valence-corrected chi connectivity index (χ4v) is 20.4. The molecular weight excluding hydrogens is 2030 g/mol. The van der Waals surface area contributed by atoms with E-state index in [-0.39, 0.29) is 8.93 Å². The molecule has 0 amide bonds. The van der Waals surface area contributed by atoms with Crippen molar-refractivity contribution in [3.8, 4) is 78.8 Å². The van der Waals surface area contributed by atoms with E-state index in [1.54, 1.807) is 19.2 Å². The van der Waals surface area contributed by atoms with E-state index in [1.165, 1.54) is 70.7 Å². The van der Waals surface area contributed by atoms with Gasteiger partial charge in [0.1, 0.15) is 33.8 Å². The van der Waals surface area contributed by atoms with E-state index < -0.39 is 15.6 Å². The molecule has 6 aromatic heterocycles. The number of ether oxygens (including phenoxy) is 1. The molecule has 0 aliphatic rings. The number of benzene rings is 20. The van der Waals surface area contributed by atoms with Gasteiger partial charge in [-0.1, -0.05) is 252 Å². The van der Waals surface area contributed by atoms with Gasteiger partial charge in [-0.2, -0.15) is 21.6 Å². The number of fused-ring (bicyclic) bond motifs is 18. The van der Waals surface area contributed by atoms with Crippen molar-refractivity contribution in [2.24, 2.45) is 0 Å². The number of hydrogen-bond donors (Lipinski definition) is 2. The lowest BCUT2D eigenvalue weighted by molar-refractivity contribution is -0.439. The van der Waals surface area contributed by atoms with Gasteiger partial charge in [-0.05, 0) is 252 Å². The van der Waals surface area contributed by atoms with Crippen LogP contribution in [-0.4, -0.2) is 52.9 Å². The quantitative estimate of drug-likeness (QED) is 0.0387. The number of methoxy groups -OCH3 is 1. The van der Waals surface area contributed by atoms with Crippen LogP contribution in [0.1, 0.15) is 0 Å². The maximum absolute atomic E-state index is 11.1. The first-order valence-electron chi connectivity index (χ1n) is 46.6. The predicted octanol–water partition coefficient (Wildman–Crippen LogP) is 35.3. The molecule has 23 heteroatoms. The summed E-state index contributed by atoms with van der Waals surface area (Å²) in [6.45, 7) is 0. The summed E-state index contributed by atoms with van der Waals surface area (Å²) >= 11 is 9.31. The molecule has 26 rings (SSSR count). The van der Waals surface area contributed by atoms with E-state index in [4.69, 9.17) is 18.8 Å². The van der Waals surface area contributed by atoms with Crippen LogP contribution < -0.4 is 14.5 Å². The first-order valence-corrected chi connectivity index (χ1v) is 50.8. The van der Waals surface area contributed by atoms with Crippen LogP contribution >= 0.6 is 47.3 Å². The van der Waals surface area contributed by atoms with Gasteiger partial charge in [-0.15, -0.1) is 47.3 Å². The molecule has 26 aromatic rings. The van der Waals surface area contributed by atoms with E-state index in [2.05, 4.69) is 485 Å². The Bertz CT molecular complexity index is 9410. The van der Waals surface area contributed by atoms with Crippen LogP contribution in [0.15, 0.2) is 470 Å². The zero-order chi connectivity index (χ0) is 98.7. The molecule has 0 saturated carbocycles. The lowest BCUT2D eigenvalue weighted by Crippen LogP contribution is -2.25. The van der Waals surface area contributed by atoms with Crippen molar-refractivity contribution in [1.29, 1.82) is 0 Å². The molecular formula is C122H81BBr3F3N6O9S. The number of halogens is 6. The number of alkyl halides is 3. The largest absolute Gasteiger partial charge is 0.525 e. The molecule has 0 bridgehead atoms. The Morgan fingerprint density at radius 1 is 0.290 bits per heavy atom. The summed E-state index contributed by atoms with van der Waals surface area (Å²) in [7, 11) is -4.12. The van der Waals surface area contributed by atoms with Crippen molar-refractivity contribution < 1.29 is 54.9 Å². The summed E-state index contributed by atoms with van der Waals surface area (Å²) in [5.41, 5.74) is 26.9. The maximum Gasteiger partial charge on any atom is 0.525 e. The fraction of sp³-hybridized carbons (Fsp3) is 0.0164. The van der Waals surface area contributed by atoms with E-state index in [9.17, 15) is 26.7 Å². The van der Waals surface area contributed by atoms with Gasteiger partial charge in [-0.25, -0.2) is 5.26 Å². The van der Waals surface area contributed by atoms with Crippen molar-refractivity contribution >= 4 is 226 Å². The molecule has 6 heterocycles. The predicted molar refractivity (Wildman–Crippen MR) is 596 cm³/mol. The average molecular weight is 2110 g/mol. The second-order valence-corrected chi connectivity index (χ2v) is 42.8. The lowest BCUT2D eigenvalue weighted by Gasteiger charge is -2.26. The second-order valence-electron chi connectivity index (χ2n) is 34.9. The highest BCUT2D eigenvalue weighted by Gasteiger charge is 2.49. The van der Waals surface area contributed by atoms with Crippen molar-refractivity contribution in [3.05, 3.63) is 461 Å². The Balaban J connectivity index is 0.000000142. The fourth-order valence-electron chi connectivity index (χ4n) is 20.2. The van der Waals surface area contributed by atoms with Crippen LogP contribution in [0, 0.1) is 0 Å². The minimum atomic E-state index is -5.82. The maximum atomic E-state index is 11.1. The monoisotopic (exact) mass is 2110 g/mol. The molecule has 145 heavy (non-hydrogen) atoms. The van der Waals surface area contributed by atoms with Crippen molar-refractivity contribution in [3.63, 3.8) is 0 Å². The van der Waals surface area contributed by atoms with Gasteiger partial charge in [0.2, 0.25) is 0 Å². The van der Waals surface area contributed by atoms with E-state index in [1.807, 2.05) is 48.5 Å². The molecule has 15 nitrogen and oxygen atoms in total. The molecule has 0 saturated heterocycles. The summed E-state index contributed by atoms with van der Waals surface area (Å²) in [6.07, 6.45) is 0. The number of nitrogens with zero attached hydrogens (tertiary/aromatic N) is 6. The number of rotatable bonds is 17. The Labute approximate surface area is 854 Å². The number of phenols is 1. The van der Waals surface area contributed by atoms with Crippen LogP contribution in [0.2, 0.25) is 0 Å². The van der Waals surface area contributed by atoms with E-state index in [0.717, 1.165) is 168 Å². The average Bonchev–Trinajstić information content (AvgIpc) is 1.59. The molecule has 0 aliphatic heterocycles. The highest BCUT2D eigenvalue weighted by atomic mass is 79.9. The van der Waals surface area contributed by atoms with Gasteiger partial charge in [0.25, 0.3) is 0 Å². The molecule has 0 unspecified atom stereocenters. The third-order valence-corrected chi connectivity index (χ3v) is 27.5. The standard InChI is InChI=1S/C61H41N3O2.C60H39N3O2.CHF3O5S.BBr3/c1-65-48-36-34-47(35-37-48)64-58-19-8-4-13-52(58)55-39-42(25-38-59(55)64)40-21-26-43(27-22-40)62(44-28-23-41(24-29-44)49-15-10-16-54-53-14-5-9-20-60(53)66-61(49)54)45-30-32-46(33-31-45)63-56-17-6-2-11-50(56)51-12-3-7-18-57(51)63;64-47-35-33-46(34-36-47)63-57-18-7-3-12-51(57)54-38-41(24-37-58(54)63)39-20-25-42(26-21-39)61(43-27-22-40(23-28-43)48-14-9-15-53-52-13-4-8-19-59(52)65-60(48)53)44-29-31-45(32-30-44)62-55-16-5-1-10-49(55)50-11-2-6-17-56(50)62;2-1(3,4)10(6,7)9-8-5;2-1(3)4/h2-39H,1H3;1-38,64H;5H;.